The molecule has 0 aliphatic carbocycles. The second-order valence-corrected chi connectivity index (χ2v) is 4.30. The molecular weight excluding hydrogens is 191 g/mol. The monoisotopic (exact) mass is 208 g/mol. The topological polar surface area (TPSA) is 29.3 Å². The first-order valence-corrected chi connectivity index (χ1v) is 5.45. The fraction of sp³-hybridized carbons (Fsp3) is 0.500. The Labute approximate surface area is 89.9 Å². The first-order chi connectivity index (χ1) is 7.16. The third-order valence-corrected chi connectivity index (χ3v) is 3.17. The lowest BCUT2D eigenvalue weighted by Gasteiger charge is -2.21. The van der Waals surface area contributed by atoms with Gasteiger partial charge in [-0.2, -0.15) is 0 Å². The quantitative estimate of drug-likeness (QED) is 0.756. The zero-order chi connectivity index (χ0) is 10.8. The van der Waals surface area contributed by atoms with Crippen molar-refractivity contribution in [2.45, 2.75) is 32.4 Å². The van der Waals surface area contributed by atoms with Crippen LogP contribution in [-0.4, -0.2) is 17.5 Å². The number of anilines is 1. The summed E-state index contributed by atoms with van der Waals surface area (Å²) >= 11 is 0. The summed E-state index contributed by atoms with van der Waals surface area (Å²) < 4.78 is 13.0. The van der Waals surface area contributed by atoms with Gasteiger partial charge in [0.2, 0.25) is 0 Å². The first-order valence-electron chi connectivity index (χ1n) is 5.45. The predicted octanol–water partition coefficient (Wildman–Crippen LogP) is 2.39. The minimum absolute atomic E-state index is 0.203. The third-order valence-electron chi connectivity index (χ3n) is 3.17. The fourth-order valence-electron chi connectivity index (χ4n) is 2.16. The first kappa shape index (κ1) is 10.4. The van der Waals surface area contributed by atoms with Crippen LogP contribution < -0.4 is 5.73 Å². The van der Waals surface area contributed by atoms with Gasteiger partial charge >= 0.3 is 0 Å². The Morgan fingerprint density at radius 2 is 2.33 bits per heavy atom. The van der Waals surface area contributed by atoms with Crippen molar-refractivity contribution in [3.05, 3.63) is 29.6 Å². The minimum Gasteiger partial charge on any atom is -0.398 e. The number of nitrogen functional groups attached to an aromatic ring is 1. The van der Waals surface area contributed by atoms with Crippen LogP contribution in [0.5, 0.6) is 0 Å². The highest BCUT2D eigenvalue weighted by Crippen LogP contribution is 2.22. The summed E-state index contributed by atoms with van der Waals surface area (Å²) in [6.07, 6.45) is 2.46. The number of nitrogens with zero attached hydrogens (tertiary/aromatic N) is 1. The van der Waals surface area contributed by atoms with Crippen molar-refractivity contribution >= 4 is 5.69 Å². The number of halogens is 1. The van der Waals surface area contributed by atoms with E-state index in [0.29, 0.717) is 11.7 Å². The molecule has 1 aliphatic rings. The minimum atomic E-state index is -0.203. The molecule has 15 heavy (non-hydrogen) atoms. The molecule has 1 heterocycles. The highest BCUT2D eigenvalue weighted by atomic mass is 19.1. The van der Waals surface area contributed by atoms with Crippen LogP contribution in [0.1, 0.15) is 25.3 Å². The van der Waals surface area contributed by atoms with Gasteiger partial charge in [-0.05, 0) is 50.1 Å². The smallest absolute Gasteiger partial charge is 0.123 e. The van der Waals surface area contributed by atoms with Crippen LogP contribution in [0.4, 0.5) is 10.1 Å². The summed E-state index contributed by atoms with van der Waals surface area (Å²) in [5.41, 5.74) is 7.42. The molecule has 1 aromatic rings. The molecule has 0 aromatic heterocycles. The average Bonchev–Trinajstić information content (AvgIpc) is 2.58. The lowest BCUT2D eigenvalue weighted by molar-refractivity contribution is 0.260. The molecule has 1 atom stereocenters. The lowest BCUT2D eigenvalue weighted by atomic mass is 10.1. The van der Waals surface area contributed by atoms with Gasteiger partial charge in [0.05, 0.1) is 0 Å². The zero-order valence-corrected chi connectivity index (χ0v) is 9.04. The number of hydrogen-bond donors (Lipinski definition) is 1. The molecule has 1 unspecified atom stereocenters. The summed E-state index contributed by atoms with van der Waals surface area (Å²) in [6.45, 7) is 4.07. The molecule has 1 aliphatic heterocycles. The highest BCUT2D eigenvalue weighted by Gasteiger charge is 2.20. The average molecular weight is 208 g/mol. The van der Waals surface area contributed by atoms with E-state index in [1.165, 1.54) is 18.9 Å². The van der Waals surface area contributed by atoms with Crippen molar-refractivity contribution in [1.29, 1.82) is 0 Å². The Kier molecular flexibility index (Phi) is 2.91. The standard InChI is InChI=1S/C12H17FN2/c1-9-3-2-6-15(9)8-10-7-11(13)4-5-12(10)14/h4-5,7,9H,2-3,6,8,14H2,1H3. The van der Waals surface area contributed by atoms with Gasteiger partial charge in [-0.15, -0.1) is 0 Å². The van der Waals surface area contributed by atoms with Gasteiger partial charge < -0.3 is 5.73 Å². The summed E-state index contributed by atoms with van der Waals surface area (Å²) in [6, 6.07) is 5.19. The Morgan fingerprint density at radius 1 is 1.53 bits per heavy atom. The van der Waals surface area contributed by atoms with E-state index < -0.39 is 0 Å². The van der Waals surface area contributed by atoms with Crippen LogP contribution in [0.2, 0.25) is 0 Å². The van der Waals surface area contributed by atoms with Crippen LogP contribution in [0.3, 0.4) is 0 Å². The summed E-state index contributed by atoms with van der Waals surface area (Å²) in [5.74, 6) is -0.203. The Hall–Kier alpha value is -1.09. The maximum absolute atomic E-state index is 13.0. The van der Waals surface area contributed by atoms with E-state index in [1.807, 2.05) is 0 Å². The number of hydrogen-bond acceptors (Lipinski definition) is 2. The van der Waals surface area contributed by atoms with E-state index >= 15 is 0 Å². The van der Waals surface area contributed by atoms with Gasteiger partial charge in [0.1, 0.15) is 5.82 Å². The van der Waals surface area contributed by atoms with E-state index in [9.17, 15) is 4.39 Å². The molecular formula is C12H17FN2. The molecule has 0 saturated carbocycles. The molecule has 1 fully saturated rings. The van der Waals surface area contributed by atoms with E-state index in [-0.39, 0.29) is 5.82 Å². The molecule has 1 aromatic carbocycles. The third kappa shape index (κ3) is 2.29. The van der Waals surface area contributed by atoms with Crippen LogP contribution in [0.25, 0.3) is 0 Å². The predicted molar refractivity (Wildman–Crippen MR) is 59.9 cm³/mol. The van der Waals surface area contributed by atoms with E-state index in [1.54, 1.807) is 12.1 Å². The molecule has 1 saturated heterocycles. The van der Waals surface area contributed by atoms with Crippen molar-refractivity contribution in [2.24, 2.45) is 0 Å². The van der Waals surface area contributed by atoms with Crippen LogP contribution in [-0.2, 0) is 6.54 Å². The molecule has 0 amide bonds. The number of rotatable bonds is 2. The normalized spacial score (nSPS) is 22.1. The Morgan fingerprint density at radius 3 is 3.00 bits per heavy atom. The van der Waals surface area contributed by atoms with Crippen molar-refractivity contribution < 1.29 is 4.39 Å². The number of nitrogens with two attached hydrogens (primary N) is 1. The van der Waals surface area contributed by atoms with Gasteiger partial charge in [0, 0.05) is 18.3 Å². The molecule has 2 N–H and O–H groups in total. The molecule has 0 spiro atoms. The van der Waals surface area contributed by atoms with Gasteiger partial charge in [-0.3, -0.25) is 4.90 Å². The second kappa shape index (κ2) is 4.19. The van der Waals surface area contributed by atoms with Gasteiger partial charge in [0.15, 0.2) is 0 Å². The van der Waals surface area contributed by atoms with Gasteiger partial charge in [-0.1, -0.05) is 0 Å². The van der Waals surface area contributed by atoms with Crippen molar-refractivity contribution in [3.63, 3.8) is 0 Å². The molecule has 3 heteroatoms. The van der Waals surface area contributed by atoms with Crippen molar-refractivity contribution in [1.82, 2.24) is 4.90 Å². The second-order valence-electron chi connectivity index (χ2n) is 4.30. The Bertz CT molecular complexity index is 351. The largest absolute Gasteiger partial charge is 0.398 e. The van der Waals surface area contributed by atoms with Crippen LogP contribution >= 0.6 is 0 Å². The summed E-state index contributed by atoms with van der Waals surface area (Å²) in [5, 5.41) is 0. The molecule has 0 radical (unpaired) electrons. The van der Waals surface area contributed by atoms with E-state index in [4.69, 9.17) is 5.73 Å². The summed E-state index contributed by atoms with van der Waals surface area (Å²) in [4.78, 5) is 2.35. The maximum Gasteiger partial charge on any atom is 0.123 e. The molecule has 2 rings (SSSR count). The summed E-state index contributed by atoms with van der Waals surface area (Å²) in [7, 11) is 0. The molecule has 82 valence electrons. The molecule has 0 bridgehead atoms. The fourth-order valence-corrected chi connectivity index (χ4v) is 2.16. The van der Waals surface area contributed by atoms with Crippen LogP contribution in [0.15, 0.2) is 18.2 Å². The van der Waals surface area contributed by atoms with Gasteiger partial charge in [0.25, 0.3) is 0 Å². The van der Waals surface area contributed by atoms with Crippen LogP contribution in [0, 0.1) is 5.82 Å². The van der Waals surface area contributed by atoms with Crippen molar-refractivity contribution in [3.8, 4) is 0 Å². The van der Waals surface area contributed by atoms with Crippen molar-refractivity contribution in [2.75, 3.05) is 12.3 Å². The number of likely N-dealkylation sites (tertiary alicyclic amines) is 1. The number of benzene rings is 1. The van der Waals surface area contributed by atoms with E-state index in [2.05, 4.69) is 11.8 Å². The highest BCUT2D eigenvalue weighted by molar-refractivity contribution is 5.46. The Balaban J connectivity index is 2.12. The lowest BCUT2D eigenvalue weighted by Crippen LogP contribution is -2.26. The van der Waals surface area contributed by atoms with Gasteiger partial charge in [-0.25, -0.2) is 4.39 Å². The maximum atomic E-state index is 13.0. The zero-order valence-electron chi connectivity index (χ0n) is 9.04. The molecule has 2 nitrogen and oxygen atoms in total. The SMILES string of the molecule is CC1CCCN1Cc1cc(F)ccc1N. The van der Waals surface area contributed by atoms with E-state index in [0.717, 1.165) is 18.7 Å².